The number of hydrogen-bond acceptors (Lipinski definition) is 3. The van der Waals surface area contributed by atoms with Gasteiger partial charge in [-0.2, -0.15) is 0 Å². The van der Waals surface area contributed by atoms with Crippen LogP contribution in [-0.4, -0.2) is 41.1 Å². The molecule has 3 aliphatic heterocycles. The largest absolute Gasteiger partial charge is 0.381 e. The number of nitrogens with zero attached hydrogens (tertiary/aromatic N) is 2. The van der Waals surface area contributed by atoms with Gasteiger partial charge in [-0.05, 0) is 85.9 Å². The summed E-state index contributed by atoms with van der Waals surface area (Å²) >= 11 is 0. The van der Waals surface area contributed by atoms with Gasteiger partial charge in [0.2, 0.25) is 5.91 Å². The maximum absolute atomic E-state index is 14.2. The second kappa shape index (κ2) is 9.34. The first-order chi connectivity index (χ1) is 17.1. The zero-order valence-electron chi connectivity index (χ0n) is 20.2. The molecule has 3 saturated heterocycles. The Bertz CT molecular complexity index is 1190. The Labute approximate surface area is 206 Å². The van der Waals surface area contributed by atoms with Crippen molar-refractivity contribution in [1.29, 1.82) is 0 Å². The third kappa shape index (κ3) is 4.35. The second-order valence-electron chi connectivity index (χ2n) is 10.9. The highest BCUT2D eigenvalue weighted by atomic mass is 19.1. The zero-order valence-corrected chi connectivity index (χ0v) is 20.2. The molecule has 4 heterocycles. The highest BCUT2D eigenvalue weighted by Gasteiger charge is 2.50. The molecule has 1 aromatic heterocycles. The summed E-state index contributed by atoms with van der Waals surface area (Å²) in [4.78, 5) is 21.0. The van der Waals surface area contributed by atoms with Crippen LogP contribution in [0.15, 0.2) is 60.9 Å². The molecule has 3 fully saturated rings. The van der Waals surface area contributed by atoms with Gasteiger partial charge in [0.05, 0.1) is 5.41 Å². The monoisotopic (exact) mass is 472 g/mol. The van der Waals surface area contributed by atoms with Crippen molar-refractivity contribution in [3.63, 3.8) is 0 Å². The number of pyridine rings is 1. The summed E-state index contributed by atoms with van der Waals surface area (Å²) in [6.07, 6.45) is 11.5. The van der Waals surface area contributed by atoms with E-state index in [0.717, 1.165) is 50.5 Å². The molecule has 35 heavy (non-hydrogen) atoms. The summed E-state index contributed by atoms with van der Waals surface area (Å²) in [6, 6.07) is 15.8. The van der Waals surface area contributed by atoms with E-state index in [1.807, 2.05) is 24.5 Å². The van der Waals surface area contributed by atoms with Gasteiger partial charge in [-0.1, -0.05) is 36.4 Å². The molecule has 5 heteroatoms. The first kappa shape index (κ1) is 22.7. The van der Waals surface area contributed by atoms with Crippen molar-refractivity contribution >= 4 is 16.7 Å². The summed E-state index contributed by atoms with van der Waals surface area (Å²) in [5, 5.41) is 2.50. The van der Waals surface area contributed by atoms with Gasteiger partial charge < -0.3 is 9.64 Å². The van der Waals surface area contributed by atoms with Gasteiger partial charge in [0.15, 0.2) is 0 Å². The maximum atomic E-state index is 14.2. The predicted molar refractivity (Wildman–Crippen MR) is 134 cm³/mol. The molecule has 0 N–H and O–H groups in total. The van der Waals surface area contributed by atoms with E-state index in [-0.39, 0.29) is 5.82 Å². The van der Waals surface area contributed by atoms with E-state index < -0.39 is 5.41 Å². The first-order valence-corrected chi connectivity index (χ1v) is 13.1. The van der Waals surface area contributed by atoms with E-state index in [1.54, 1.807) is 0 Å². The molecule has 4 nitrogen and oxygen atoms in total. The van der Waals surface area contributed by atoms with Gasteiger partial charge in [0.1, 0.15) is 5.82 Å². The van der Waals surface area contributed by atoms with Crippen molar-refractivity contribution in [2.75, 3.05) is 13.2 Å². The SMILES string of the molecule is O=C(N1C2CCC1CC(Cc1cncc3ccccc13)C2)C1(Cc2ccc(F)cc2)CCOCC1. The molecule has 2 aromatic carbocycles. The number of benzene rings is 2. The van der Waals surface area contributed by atoms with Crippen LogP contribution in [0.5, 0.6) is 0 Å². The molecular formula is C30H33FN2O2. The average molecular weight is 473 g/mol. The van der Waals surface area contributed by atoms with Gasteiger partial charge in [-0.15, -0.1) is 0 Å². The minimum absolute atomic E-state index is 0.234. The molecule has 3 aliphatic rings. The molecule has 0 aliphatic carbocycles. The molecule has 6 rings (SSSR count). The normalized spacial score (nSPS) is 25.6. The van der Waals surface area contributed by atoms with Gasteiger partial charge >= 0.3 is 0 Å². The fourth-order valence-electron chi connectivity index (χ4n) is 6.94. The van der Waals surface area contributed by atoms with E-state index in [2.05, 4.69) is 34.1 Å². The van der Waals surface area contributed by atoms with Gasteiger partial charge in [-0.3, -0.25) is 9.78 Å². The van der Waals surface area contributed by atoms with Gasteiger partial charge in [-0.25, -0.2) is 4.39 Å². The summed E-state index contributed by atoms with van der Waals surface area (Å²) in [7, 11) is 0. The van der Waals surface area contributed by atoms with Crippen LogP contribution in [0.4, 0.5) is 4.39 Å². The van der Waals surface area contributed by atoms with E-state index in [4.69, 9.17) is 4.74 Å². The number of carbonyl (C=O) groups excluding carboxylic acids is 1. The standard InChI is InChI=1S/C30H33FN2O2/c31-25-7-5-21(6-8-25)18-30(11-13-35-14-12-30)29(34)33-26-9-10-27(33)17-22(16-26)15-24-20-32-19-23-3-1-2-4-28(23)24/h1-8,19-20,22,26-27H,9-18H2. The predicted octanol–water partition coefficient (Wildman–Crippen LogP) is 5.73. The Kier molecular flexibility index (Phi) is 6.05. The van der Waals surface area contributed by atoms with Crippen LogP contribution in [0.25, 0.3) is 10.8 Å². The minimum atomic E-state index is -0.441. The quantitative estimate of drug-likeness (QED) is 0.477. The number of hydrogen-bond donors (Lipinski definition) is 0. The zero-order chi connectivity index (χ0) is 23.8. The molecule has 0 spiro atoms. The highest BCUT2D eigenvalue weighted by molar-refractivity contribution is 5.85. The number of amides is 1. The molecule has 2 bridgehead atoms. The Balaban J connectivity index is 1.21. The van der Waals surface area contributed by atoms with Crippen molar-refractivity contribution in [3.05, 3.63) is 77.9 Å². The molecule has 2 atom stereocenters. The second-order valence-corrected chi connectivity index (χ2v) is 10.9. The van der Waals surface area contributed by atoms with Crippen LogP contribution < -0.4 is 0 Å². The van der Waals surface area contributed by atoms with Crippen LogP contribution in [0.2, 0.25) is 0 Å². The van der Waals surface area contributed by atoms with Crippen molar-refractivity contribution in [1.82, 2.24) is 9.88 Å². The molecule has 182 valence electrons. The average Bonchev–Trinajstić information content (AvgIpc) is 3.15. The lowest BCUT2D eigenvalue weighted by Crippen LogP contribution is -2.55. The topological polar surface area (TPSA) is 42.4 Å². The van der Waals surface area contributed by atoms with Crippen LogP contribution in [0.1, 0.15) is 49.7 Å². The van der Waals surface area contributed by atoms with Crippen molar-refractivity contribution in [3.8, 4) is 0 Å². The van der Waals surface area contributed by atoms with Gasteiger partial charge in [0, 0.05) is 43.1 Å². The molecule has 0 saturated carbocycles. The third-order valence-electron chi connectivity index (χ3n) is 8.68. The number of piperidine rings is 1. The Morgan fingerprint density at radius 2 is 1.71 bits per heavy atom. The van der Waals surface area contributed by atoms with Crippen LogP contribution in [0, 0.1) is 17.2 Å². The van der Waals surface area contributed by atoms with Gasteiger partial charge in [0.25, 0.3) is 0 Å². The Hall–Kier alpha value is -2.79. The lowest BCUT2D eigenvalue weighted by Gasteiger charge is -2.46. The molecular weight excluding hydrogens is 439 g/mol. The Morgan fingerprint density at radius 3 is 2.46 bits per heavy atom. The van der Waals surface area contributed by atoms with Crippen molar-refractivity contribution in [2.24, 2.45) is 11.3 Å². The van der Waals surface area contributed by atoms with Crippen molar-refractivity contribution < 1.29 is 13.9 Å². The fourth-order valence-corrected chi connectivity index (χ4v) is 6.94. The van der Waals surface area contributed by atoms with E-state index >= 15 is 0 Å². The molecule has 2 unspecified atom stereocenters. The van der Waals surface area contributed by atoms with Crippen LogP contribution >= 0.6 is 0 Å². The summed E-state index contributed by atoms with van der Waals surface area (Å²) in [6.45, 7) is 1.24. The number of carbonyl (C=O) groups is 1. The lowest BCUT2D eigenvalue weighted by atomic mass is 9.73. The molecule has 0 radical (unpaired) electrons. The number of halogens is 1. The molecule has 3 aromatic rings. The van der Waals surface area contributed by atoms with Crippen LogP contribution in [-0.2, 0) is 22.4 Å². The van der Waals surface area contributed by atoms with E-state index in [1.165, 1.54) is 28.5 Å². The molecule has 1 amide bonds. The smallest absolute Gasteiger partial charge is 0.229 e. The summed E-state index contributed by atoms with van der Waals surface area (Å²) < 4.78 is 19.2. The van der Waals surface area contributed by atoms with Crippen LogP contribution in [0.3, 0.4) is 0 Å². The van der Waals surface area contributed by atoms with Crippen molar-refractivity contribution in [2.45, 2.75) is 63.5 Å². The van der Waals surface area contributed by atoms with E-state index in [0.29, 0.717) is 43.5 Å². The summed E-state index contributed by atoms with van der Waals surface area (Å²) in [5.74, 6) is 0.650. The number of aromatic nitrogens is 1. The fraction of sp³-hybridized carbons (Fsp3) is 0.467. The minimum Gasteiger partial charge on any atom is -0.381 e. The Morgan fingerprint density at radius 1 is 1.00 bits per heavy atom. The maximum Gasteiger partial charge on any atom is 0.229 e. The lowest BCUT2D eigenvalue weighted by molar-refractivity contribution is -0.153. The summed E-state index contributed by atoms with van der Waals surface area (Å²) in [5.41, 5.74) is 1.92. The highest BCUT2D eigenvalue weighted by Crippen LogP contribution is 2.45. The number of ether oxygens (including phenoxy) is 1. The number of rotatable bonds is 5. The first-order valence-electron chi connectivity index (χ1n) is 13.1. The number of fused-ring (bicyclic) bond motifs is 3. The third-order valence-corrected chi connectivity index (χ3v) is 8.68. The van der Waals surface area contributed by atoms with E-state index in [9.17, 15) is 9.18 Å².